The molecule has 1 saturated heterocycles. The lowest BCUT2D eigenvalue weighted by molar-refractivity contribution is -0.120. The van der Waals surface area contributed by atoms with Crippen molar-refractivity contribution in [1.29, 1.82) is 0 Å². The van der Waals surface area contributed by atoms with Gasteiger partial charge in [-0.05, 0) is 49.9 Å². The molecule has 1 atom stereocenters. The van der Waals surface area contributed by atoms with E-state index in [9.17, 15) is 4.79 Å². The summed E-state index contributed by atoms with van der Waals surface area (Å²) < 4.78 is 0. The summed E-state index contributed by atoms with van der Waals surface area (Å²) >= 11 is 0. The average molecular weight is 245 g/mol. The number of nitrogens with zero attached hydrogens (tertiary/aromatic N) is 1. The lowest BCUT2D eigenvalue weighted by Gasteiger charge is -2.14. The van der Waals surface area contributed by atoms with Crippen molar-refractivity contribution >= 4 is 11.9 Å². The van der Waals surface area contributed by atoms with Gasteiger partial charge in [0, 0.05) is 6.54 Å². The number of carbonyl (C=O) groups is 1. The minimum absolute atomic E-state index is 0.0337. The van der Waals surface area contributed by atoms with E-state index in [1.54, 1.807) is 0 Å². The van der Waals surface area contributed by atoms with Gasteiger partial charge in [0.2, 0.25) is 0 Å². The number of aryl methyl sites for hydroxylation is 3. The van der Waals surface area contributed by atoms with Crippen LogP contribution in [0.1, 0.15) is 35.2 Å². The quantitative estimate of drug-likeness (QED) is 0.834. The Hall–Kier alpha value is -1.84. The van der Waals surface area contributed by atoms with E-state index in [0.717, 1.165) is 11.1 Å². The van der Waals surface area contributed by atoms with Crippen molar-refractivity contribution in [2.45, 2.75) is 33.7 Å². The van der Waals surface area contributed by atoms with E-state index in [-0.39, 0.29) is 11.9 Å². The van der Waals surface area contributed by atoms with E-state index in [0.29, 0.717) is 12.5 Å². The summed E-state index contributed by atoms with van der Waals surface area (Å²) in [4.78, 5) is 16.1. The lowest BCUT2D eigenvalue weighted by Crippen LogP contribution is -2.25. The first-order chi connectivity index (χ1) is 8.52. The van der Waals surface area contributed by atoms with Crippen LogP contribution in [0.3, 0.4) is 0 Å². The number of guanidine groups is 1. The molecular formula is C14H19N3O. The highest BCUT2D eigenvalue weighted by Crippen LogP contribution is 2.23. The van der Waals surface area contributed by atoms with Crippen LogP contribution in [-0.2, 0) is 4.79 Å². The van der Waals surface area contributed by atoms with Gasteiger partial charge in [-0.25, -0.2) is 0 Å². The Morgan fingerprint density at radius 1 is 1.17 bits per heavy atom. The minimum Gasteiger partial charge on any atom is -0.340 e. The van der Waals surface area contributed by atoms with E-state index in [1.165, 1.54) is 11.1 Å². The van der Waals surface area contributed by atoms with Crippen LogP contribution >= 0.6 is 0 Å². The molecule has 1 amide bonds. The van der Waals surface area contributed by atoms with Crippen LogP contribution in [0.4, 0.5) is 0 Å². The molecule has 1 heterocycles. The van der Waals surface area contributed by atoms with Gasteiger partial charge in [0.25, 0.3) is 5.91 Å². The molecule has 1 aliphatic rings. The fourth-order valence-corrected chi connectivity index (χ4v) is 2.18. The van der Waals surface area contributed by atoms with Crippen LogP contribution in [0.25, 0.3) is 0 Å². The molecule has 0 aromatic heterocycles. The summed E-state index contributed by atoms with van der Waals surface area (Å²) in [7, 11) is 0. The van der Waals surface area contributed by atoms with Gasteiger partial charge in [-0.15, -0.1) is 0 Å². The Labute approximate surface area is 108 Å². The SMILES string of the molecule is CCN=C1NC(=O)C(c2cc(C)c(C)cc2C)N1. The summed E-state index contributed by atoms with van der Waals surface area (Å²) in [6.07, 6.45) is 0. The number of aliphatic imine (C=N–C) groups is 1. The van der Waals surface area contributed by atoms with Crippen molar-refractivity contribution in [1.82, 2.24) is 10.6 Å². The Kier molecular flexibility index (Phi) is 3.36. The molecule has 1 aromatic rings. The van der Waals surface area contributed by atoms with Crippen LogP contribution in [0.2, 0.25) is 0 Å². The maximum Gasteiger partial charge on any atom is 0.253 e. The smallest absolute Gasteiger partial charge is 0.253 e. The number of amides is 1. The fourth-order valence-electron chi connectivity index (χ4n) is 2.18. The van der Waals surface area contributed by atoms with Gasteiger partial charge >= 0.3 is 0 Å². The number of hydrogen-bond donors (Lipinski definition) is 2. The number of nitrogens with one attached hydrogen (secondary N) is 2. The molecule has 2 N–H and O–H groups in total. The van der Waals surface area contributed by atoms with E-state index in [4.69, 9.17) is 0 Å². The van der Waals surface area contributed by atoms with Gasteiger partial charge in [0.1, 0.15) is 6.04 Å². The summed E-state index contributed by atoms with van der Waals surface area (Å²) in [5.74, 6) is 0.540. The van der Waals surface area contributed by atoms with Gasteiger partial charge in [-0.1, -0.05) is 12.1 Å². The highest BCUT2D eigenvalue weighted by atomic mass is 16.2. The number of benzene rings is 1. The molecule has 1 unspecified atom stereocenters. The van der Waals surface area contributed by atoms with Crippen LogP contribution in [0.15, 0.2) is 17.1 Å². The van der Waals surface area contributed by atoms with Crippen LogP contribution in [0.5, 0.6) is 0 Å². The largest absolute Gasteiger partial charge is 0.340 e. The number of rotatable bonds is 2. The van der Waals surface area contributed by atoms with Crippen molar-refractivity contribution in [3.63, 3.8) is 0 Å². The second-order valence-corrected chi connectivity index (χ2v) is 4.68. The maximum atomic E-state index is 12.0. The normalized spacial score (nSPS) is 21.0. The third kappa shape index (κ3) is 2.23. The molecule has 1 aromatic carbocycles. The Balaban J connectivity index is 2.36. The molecule has 0 saturated carbocycles. The molecule has 1 fully saturated rings. The highest BCUT2D eigenvalue weighted by Gasteiger charge is 2.30. The van der Waals surface area contributed by atoms with Crippen molar-refractivity contribution in [2.75, 3.05) is 6.54 Å². The summed E-state index contributed by atoms with van der Waals surface area (Å²) in [5.41, 5.74) is 4.60. The molecule has 0 spiro atoms. The second-order valence-electron chi connectivity index (χ2n) is 4.68. The molecule has 2 rings (SSSR count). The third-order valence-electron chi connectivity index (χ3n) is 3.29. The molecule has 0 aliphatic carbocycles. The first kappa shape index (κ1) is 12.6. The minimum atomic E-state index is -0.324. The van der Waals surface area contributed by atoms with E-state index in [2.05, 4.69) is 41.6 Å². The maximum absolute atomic E-state index is 12.0. The van der Waals surface area contributed by atoms with Crippen molar-refractivity contribution in [3.8, 4) is 0 Å². The molecular weight excluding hydrogens is 226 g/mol. The van der Waals surface area contributed by atoms with Crippen molar-refractivity contribution in [3.05, 3.63) is 34.4 Å². The molecule has 18 heavy (non-hydrogen) atoms. The van der Waals surface area contributed by atoms with Crippen LogP contribution in [0, 0.1) is 20.8 Å². The lowest BCUT2D eigenvalue weighted by atomic mass is 9.96. The van der Waals surface area contributed by atoms with Gasteiger partial charge in [-0.3, -0.25) is 15.1 Å². The van der Waals surface area contributed by atoms with Crippen molar-refractivity contribution in [2.24, 2.45) is 4.99 Å². The fraction of sp³-hybridized carbons (Fsp3) is 0.429. The van der Waals surface area contributed by atoms with E-state index in [1.807, 2.05) is 13.8 Å². The molecule has 96 valence electrons. The summed E-state index contributed by atoms with van der Waals surface area (Å²) in [5, 5.41) is 5.90. The molecule has 4 nitrogen and oxygen atoms in total. The zero-order valence-corrected chi connectivity index (χ0v) is 11.3. The predicted molar refractivity (Wildman–Crippen MR) is 72.6 cm³/mol. The van der Waals surface area contributed by atoms with Gasteiger partial charge in [0.15, 0.2) is 5.96 Å². The van der Waals surface area contributed by atoms with Gasteiger partial charge in [0.05, 0.1) is 0 Å². The van der Waals surface area contributed by atoms with Crippen LogP contribution in [-0.4, -0.2) is 18.4 Å². The third-order valence-corrected chi connectivity index (χ3v) is 3.29. The zero-order chi connectivity index (χ0) is 13.3. The predicted octanol–water partition coefficient (Wildman–Crippen LogP) is 1.75. The monoisotopic (exact) mass is 245 g/mol. The average Bonchev–Trinajstić information content (AvgIpc) is 2.65. The number of carbonyl (C=O) groups excluding carboxylic acids is 1. The Bertz CT molecular complexity index is 520. The highest BCUT2D eigenvalue weighted by molar-refractivity contribution is 6.06. The molecule has 0 radical (unpaired) electrons. The van der Waals surface area contributed by atoms with E-state index >= 15 is 0 Å². The topological polar surface area (TPSA) is 53.5 Å². The van der Waals surface area contributed by atoms with Gasteiger partial charge in [-0.2, -0.15) is 0 Å². The molecule has 1 aliphatic heterocycles. The number of hydrogen-bond acceptors (Lipinski definition) is 2. The zero-order valence-electron chi connectivity index (χ0n) is 11.3. The first-order valence-electron chi connectivity index (χ1n) is 6.22. The summed E-state index contributed by atoms with van der Waals surface area (Å²) in [6.45, 7) is 8.77. The standard InChI is InChI=1S/C14H19N3O/c1-5-15-14-16-12(13(18)17-14)11-7-9(3)8(2)6-10(11)4/h6-7,12H,5H2,1-4H3,(H2,15,16,17,18). The molecule has 4 heteroatoms. The first-order valence-corrected chi connectivity index (χ1v) is 6.22. The van der Waals surface area contributed by atoms with Crippen molar-refractivity contribution < 1.29 is 4.79 Å². The summed E-state index contributed by atoms with van der Waals surface area (Å²) in [6, 6.07) is 3.88. The molecule has 0 bridgehead atoms. The Morgan fingerprint density at radius 3 is 2.50 bits per heavy atom. The Morgan fingerprint density at radius 2 is 1.83 bits per heavy atom. The van der Waals surface area contributed by atoms with Crippen LogP contribution < -0.4 is 10.6 Å². The van der Waals surface area contributed by atoms with E-state index < -0.39 is 0 Å². The van der Waals surface area contributed by atoms with Gasteiger partial charge < -0.3 is 5.32 Å². The second kappa shape index (κ2) is 4.80.